The van der Waals surface area contributed by atoms with Gasteiger partial charge in [0.25, 0.3) is 5.91 Å². The summed E-state index contributed by atoms with van der Waals surface area (Å²) in [5, 5.41) is 4.12. The molecule has 108 valence electrons. The Hall–Kier alpha value is -2.15. The molecule has 0 atom stereocenters. The lowest BCUT2D eigenvalue weighted by atomic mass is 10.1. The van der Waals surface area contributed by atoms with Crippen LogP contribution in [0.15, 0.2) is 52.9 Å². The van der Waals surface area contributed by atoms with Crippen LogP contribution in [0.25, 0.3) is 6.08 Å². The van der Waals surface area contributed by atoms with Crippen molar-refractivity contribution >= 4 is 22.6 Å². The number of carbonyl (C=O) groups excluding carboxylic acids is 1. The maximum atomic E-state index is 12.3. The van der Waals surface area contributed by atoms with Crippen LogP contribution >= 0.6 is 10.6 Å². The third-order valence-corrected chi connectivity index (χ3v) is 4.73. The zero-order chi connectivity index (χ0) is 14.9. The van der Waals surface area contributed by atoms with Crippen LogP contribution in [0, 0.1) is 0 Å². The maximum Gasteiger partial charge on any atom is 0.252 e. The maximum absolute atomic E-state index is 12.3. The first-order valence-electron chi connectivity index (χ1n) is 6.35. The Labute approximate surface area is 123 Å². The van der Waals surface area contributed by atoms with Crippen LogP contribution < -0.4 is 5.32 Å². The van der Waals surface area contributed by atoms with Crippen molar-refractivity contribution in [1.29, 1.82) is 0 Å². The Bertz CT molecular complexity index is 714. The zero-order valence-corrected chi connectivity index (χ0v) is 11.9. The van der Waals surface area contributed by atoms with Crippen molar-refractivity contribution < 1.29 is 13.9 Å². The first kappa shape index (κ1) is 13.8. The second-order valence-electron chi connectivity index (χ2n) is 4.62. The Kier molecular flexibility index (Phi) is 3.50. The van der Waals surface area contributed by atoms with E-state index >= 15 is 0 Å². The molecule has 2 aromatic rings. The molecule has 1 aliphatic heterocycles. The Morgan fingerprint density at radius 3 is 2.81 bits per heavy atom. The molecule has 0 saturated heterocycles. The number of fused-ring (bicyclic) bond motifs is 1. The van der Waals surface area contributed by atoms with E-state index in [2.05, 4.69) is 10.3 Å². The molecule has 0 radical (unpaired) electrons. The van der Waals surface area contributed by atoms with Crippen molar-refractivity contribution in [2.24, 2.45) is 0 Å². The molecular weight excluding hydrogens is 288 g/mol. The van der Waals surface area contributed by atoms with Crippen LogP contribution in [0.3, 0.4) is 0 Å². The standard InChI is InChI=1S/C15H14N2O3S/c18-15(17-10-11-4-1-2-8-16-11)13-5-3-6-14-12(13)7-9-21(14,19)20/h1-9,19-20H,10H2,(H,17,18). The molecule has 0 fully saturated rings. The molecular formula is C15H14N2O3S. The average molecular weight is 302 g/mol. The van der Waals surface area contributed by atoms with Crippen molar-refractivity contribution in [2.75, 3.05) is 0 Å². The fourth-order valence-corrected chi connectivity index (χ4v) is 3.43. The van der Waals surface area contributed by atoms with Gasteiger partial charge in [-0.05, 0) is 30.3 Å². The fraction of sp³-hybridized carbons (Fsp3) is 0.0667. The number of benzene rings is 1. The van der Waals surface area contributed by atoms with Crippen LogP contribution in [0.5, 0.6) is 0 Å². The molecule has 0 saturated carbocycles. The largest absolute Gasteiger partial charge is 0.346 e. The van der Waals surface area contributed by atoms with Gasteiger partial charge in [0.2, 0.25) is 0 Å². The highest BCUT2D eigenvalue weighted by Gasteiger charge is 2.25. The average Bonchev–Trinajstić information content (AvgIpc) is 2.82. The molecule has 6 heteroatoms. The van der Waals surface area contributed by atoms with E-state index in [0.717, 1.165) is 5.69 Å². The van der Waals surface area contributed by atoms with Gasteiger partial charge in [0, 0.05) is 22.7 Å². The highest BCUT2D eigenvalue weighted by molar-refractivity contribution is 8.27. The van der Waals surface area contributed by atoms with E-state index in [4.69, 9.17) is 0 Å². The van der Waals surface area contributed by atoms with Crippen LogP contribution in [0.4, 0.5) is 0 Å². The van der Waals surface area contributed by atoms with Crippen molar-refractivity contribution in [3.05, 3.63) is 64.8 Å². The van der Waals surface area contributed by atoms with E-state index in [9.17, 15) is 13.9 Å². The van der Waals surface area contributed by atoms with Crippen LogP contribution in [0.2, 0.25) is 0 Å². The number of pyridine rings is 1. The van der Waals surface area contributed by atoms with Gasteiger partial charge in [-0.15, -0.1) is 10.6 Å². The van der Waals surface area contributed by atoms with Gasteiger partial charge in [-0.3, -0.25) is 18.9 Å². The summed E-state index contributed by atoms with van der Waals surface area (Å²) in [5.74, 6) is -0.265. The van der Waals surface area contributed by atoms with Gasteiger partial charge in [-0.2, -0.15) is 0 Å². The number of amides is 1. The van der Waals surface area contributed by atoms with Crippen LogP contribution in [0.1, 0.15) is 21.6 Å². The van der Waals surface area contributed by atoms with E-state index in [1.165, 1.54) is 5.41 Å². The Balaban J connectivity index is 1.81. The van der Waals surface area contributed by atoms with Gasteiger partial charge in [0.15, 0.2) is 0 Å². The summed E-state index contributed by atoms with van der Waals surface area (Å²) in [6.07, 6.45) is 3.25. The number of nitrogens with one attached hydrogen (secondary N) is 1. The number of rotatable bonds is 3. The van der Waals surface area contributed by atoms with Crippen molar-refractivity contribution in [3.63, 3.8) is 0 Å². The third kappa shape index (κ3) is 2.69. The zero-order valence-electron chi connectivity index (χ0n) is 11.1. The first-order chi connectivity index (χ1) is 10.1. The van der Waals surface area contributed by atoms with Gasteiger partial charge in [0.05, 0.1) is 17.1 Å². The number of aromatic nitrogens is 1. The molecule has 5 nitrogen and oxygen atoms in total. The first-order valence-corrected chi connectivity index (χ1v) is 7.96. The van der Waals surface area contributed by atoms with E-state index < -0.39 is 10.6 Å². The van der Waals surface area contributed by atoms with E-state index in [-0.39, 0.29) is 5.91 Å². The summed E-state index contributed by atoms with van der Waals surface area (Å²) in [6, 6.07) is 10.4. The molecule has 0 spiro atoms. The molecule has 1 aromatic heterocycles. The number of hydrogen-bond acceptors (Lipinski definition) is 4. The van der Waals surface area contributed by atoms with Gasteiger partial charge in [-0.1, -0.05) is 12.1 Å². The summed E-state index contributed by atoms with van der Waals surface area (Å²) in [7, 11) is -2.90. The van der Waals surface area contributed by atoms with Gasteiger partial charge >= 0.3 is 0 Å². The summed E-state index contributed by atoms with van der Waals surface area (Å²) < 4.78 is 19.7. The SMILES string of the molecule is O=C(NCc1ccccn1)c1cccc2c1C=CS2(O)O. The van der Waals surface area contributed by atoms with Crippen LogP contribution in [-0.4, -0.2) is 20.0 Å². The van der Waals surface area contributed by atoms with Crippen molar-refractivity contribution in [1.82, 2.24) is 10.3 Å². The minimum absolute atomic E-state index is 0.265. The van der Waals surface area contributed by atoms with Gasteiger partial charge < -0.3 is 5.32 Å². The molecule has 1 amide bonds. The number of carbonyl (C=O) groups is 1. The lowest BCUT2D eigenvalue weighted by molar-refractivity contribution is 0.0950. The Morgan fingerprint density at radius 2 is 2.05 bits per heavy atom. The summed E-state index contributed by atoms with van der Waals surface area (Å²) >= 11 is 0. The molecule has 0 bridgehead atoms. The normalized spacial score (nSPS) is 16.3. The summed E-state index contributed by atoms with van der Waals surface area (Å²) in [4.78, 5) is 16.8. The smallest absolute Gasteiger partial charge is 0.252 e. The van der Waals surface area contributed by atoms with Crippen molar-refractivity contribution in [2.45, 2.75) is 11.4 Å². The number of hydrogen-bond donors (Lipinski definition) is 3. The van der Waals surface area contributed by atoms with E-state index in [1.54, 1.807) is 30.5 Å². The fourth-order valence-electron chi connectivity index (χ4n) is 2.18. The molecule has 2 heterocycles. The predicted octanol–water partition coefficient (Wildman–Crippen LogP) is 3.11. The molecule has 0 aliphatic carbocycles. The molecule has 3 rings (SSSR count). The van der Waals surface area contributed by atoms with E-state index in [0.29, 0.717) is 22.6 Å². The van der Waals surface area contributed by atoms with Gasteiger partial charge in [-0.25, -0.2) is 0 Å². The minimum Gasteiger partial charge on any atom is -0.346 e. The second-order valence-corrected chi connectivity index (χ2v) is 6.51. The summed E-state index contributed by atoms with van der Waals surface area (Å²) in [5.41, 5.74) is 1.76. The predicted molar refractivity (Wildman–Crippen MR) is 82.0 cm³/mol. The highest BCUT2D eigenvalue weighted by atomic mass is 32.3. The lowest BCUT2D eigenvalue weighted by Crippen LogP contribution is -2.24. The molecule has 3 N–H and O–H groups in total. The number of nitrogens with zero attached hydrogens (tertiary/aromatic N) is 1. The highest BCUT2D eigenvalue weighted by Crippen LogP contribution is 2.56. The van der Waals surface area contributed by atoms with Gasteiger partial charge in [0.1, 0.15) is 0 Å². The lowest BCUT2D eigenvalue weighted by Gasteiger charge is -2.25. The quantitative estimate of drug-likeness (QED) is 0.813. The van der Waals surface area contributed by atoms with Crippen molar-refractivity contribution in [3.8, 4) is 0 Å². The minimum atomic E-state index is -2.90. The molecule has 21 heavy (non-hydrogen) atoms. The second kappa shape index (κ2) is 5.33. The topological polar surface area (TPSA) is 82.5 Å². The summed E-state index contributed by atoms with van der Waals surface area (Å²) in [6.45, 7) is 0.323. The Morgan fingerprint density at radius 1 is 1.19 bits per heavy atom. The van der Waals surface area contributed by atoms with Crippen LogP contribution in [-0.2, 0) is 6.54 Å². The monoisotopic (exact) mass is 302 g/mol. The molecule has 0 unspecified atom stereocenters. The molecule has 1 aliphatic rings. The molecule has 1 aromatic carbocycles. The van der Waals surface area contributed by atoms with E-state index in [1.807, 2.05) is 18.2 Å². The third-order valence-electron chi connectivity index (χ3n) is 3.22.